The highest BCUT2D eigenvalue weighted by Gasteiger charge is 2.31. The van der Waals surface area contributed by atoms with Crippen molar-refractivity contribution < 1.29 is 4.79 Å². The number of amides is 1. The van der Waals surface area contributed by atoms with Crippen LogP contribution in [-0.2, 0) is 24.2 Å². The summed E-state index contributed by atoms with van der Waals surface area (Å²) in [6.07, 6.45) is 8.58. The fourth-order valence-corrected chi connectivity index (χ4v) is 5.76. The summed E-state index contributed by atoms with van der Waals surface area (Å²) in [6, 6.07) is 12.5. The van der Waals surface area contributed by atoms with E-state index in [0.717, 1.165) is 89.1 Å². The zero-order valence-electron chi connectivity index (χ0n) is 19.6. The standard InChI is InChI=1S/C27H36N4O2/c32-26-18-24(28-25-9-5-2-6-13-31(25)26)23-12-16-30(19-23)27(33)20-29-14-10-22(11-15-29)17-21-7-3-1-4-8-21/h1,3-4,7-8,18,22-23H,2,5-6,9-17,19-20H2. The molecule has 3 aliphatic heterocycles. The summed E-state index contributed by atoms with van der Waals surface area (Å²) in [4.78, 5) is 34.9. The number of aromatic nitrogens is 2. The zero-order valence-corrected chi connectivity index (χ0v) is 19.6. The Morgan fingerprint density at radius 3 is 2.61 bits per heavy atom. The predicted octanol–water partition coefficient (Wildman–Crippen LogP) is 3.24. The summed E-state index contributed by atoms with van der Waals surface area (Å²) in [7, 11) is 0. The summed E-state index contributed by atoms with van der Waals surface area (Å²) >= 11 is 0. The summed E-state index contributed by atoms with van der Waals surface area (Å²) in [6.45, 7) is 4.78. The molecule has 2 fully saturated rings. The molecule has 0 bridgehead atoms. The van der Waals surface area contributed by atoms with Gasteiger partial charge in [-0.25, -0.2) is 4.98 Å². The van der Waals surface area contributed by atoms with Crippen LogP contribution in [0, 0.1) is 5.92 Å². The van der Waals surface area contributed by atoms with Gasteiger partial charge in [-0.1, -0.05) is 36.8 Å². The van der Waals surface area contributed by atoms with Crippen molar-refractivity contribution in [1.29, 1.82) is 0 Å². The van der Waals surface area contributed by atoms with Crippen LogP contribution in [0.5, 0.6) is 0 Å². The van der Waals surface area contributed by atoms with Gasteiger partial charge in [0, 0.05) is 38.0 Å². The second-order valence-electron chi connectivity index (χ2n) is 10.1. The van der Waals surface area contributed by atoms with Gasteiger partial charge in [-0.2, -0.15) is 0 Å². The van der Waals surface area contributed by atoms with Gasteiger partial charge in [-0.05, 0) is 63.1 Å². The molecule has 1 amide bonds. The topological polar surface area (TPSA) is 58.4 Å². The lowest BCUT2D eigenvalue weighted by atomic mass is 9.90. The van der Waals surface area contributed by atoms with Gasteiger partial charge in [0.15, 0.2) is 0 Å². The van der Waals surface area contributed by atoms with E-state index in [-0.39, 0.29) is 17.4 Å². The van der Waals surface area contributed by atoms with Crippen LogP contribution >= 0.6 is 0 Å². The molecule has 0 N–H and O–H groups in total. The van der Waals surface area contributed by atoms with Crippen LogP contribution in [0.15, 0.2) is 41.2 Å². The first-order chi connectivity index (χ1) is 16.2. The third kappa shape index (κ3) is 5.37. The second-order valence-corrected chi connectivity index (χ2v) is 10.1. The molecule has 5 rings (SSSR count). The number of hydrogen-bond acceptors (Lipinski definition) is 4. The number of likely N-dealkylation sites (tertiary alicyclic amines) is 2. The molecule has 176 valence electrons. The molecule has 1 atom stereocenters. The molecule has 0 saturated carbocycles. The molecule has 33 heavy (non-hydrogen) atoms. The van der Waals surface area contributed by atoms with Gasteiger partial charge in [0.2, 0.25) is 5.91 Å². The SMILES string of the molecule is O=C(CN1CCC(Cc2ccccc2)CC1)N1CCC(c2cc(=O)n3c(n2)CCCCC3)C1. The van der Waals surface area contributed by atoms with Crippen molar-refractivity contribution in [2.24, 2.45) is 5.92 Å². The Kier molecular flexibility index (Phi) is 6.91. The lowest BCUT2D eigenvalue weighted by Crippen LogP contribution is -2.43. The lowest BCUT2D eigenvalue weighted by Gasteiger charge is -2.32. The molecule has 1 aromatic carbocycles. The number of hydrogen-bond donors (Lipinski definition) is 0. The Bertz CT molecular complexity index is 1010. The monoisotopic (exact) mass is 448 g/mol. The average Bonchev–Trinajstić information content (AvgIpc) is 3.20. The highest BCUT2D eigenvalue weighted by Crippen LogP contribution is 2.27. The van der Waals surface area contributed by atoms with Crippen molar-refractivity contribution in [3.05, 3.63) is 63.8 Å². The van der Waals surface area contributed by atoms with Crippen molar-refractivity contribution in [1.82, 2.24) is 19.4 Å². The van der Waals surface area contributed by atoms with Gasteiger partial charge in [0.1, 0.15) is 5.82 Å². The Labute approximate surface area is 196 Å². The maximum absolute atomic E-state index is 13.0. The average molecular weight is 449 g/mol. The minimum Gasteiger partial charge on any atom is -0.341 e. The van der Waals surface area contributed by atoms with Crippen molar-refractivity contribution in [2.45, 2.75) is 63.8 Å². The van der Waals surface area contributed by atoms with Gasteiger partial charge in [0.05, 0.1) is 12.2 Å². The van der Waals surface area contributed by atoms with Crippen LogP contribution in [0.25, 0.3) is 0 Å². The van der Waals surface area contributed by atoms with Crippen LogP contribution in [0.4, 0.5) is 0 Å². The van der Waals surface area contributed by atoms with E-state index in [0.29, 0.717) is 19.0 Å². The molecule has 3 aliphatic rings. The van der Waals surface area contributed by atoms with Gasteiger partial charge in [-0.3, -0.25) is 19.1 Å². The van der Waals surface area contributed by atoms with Crippen LogP contribution in [-0.4, -0.2) is 58.0 Å². The van der Waals surface area contributed by atoms with Crippen molar-refractivity contribution in [3.63, 3.8) is 0 Å². The highest BCUT2D eigenvalue weighted by molar-refractivity contribution is 5.78. The molecule has 0 radical (unpaired) electrons. The van der Waals surface area contributed by atoms with E-state index in [9.17, 15) is 9.59 Å². The number of benzene rings is 1. The molecule has 6 heteroatoms. The molecule has 1 unspecified atom stereocenters. The van der Waals surface area contributed by atoms with Gasteiger partial charge in [-0.15, -0.1) is 0 Å². The predicted molar refractivity (Wildman–Crippen MR) is 129 cm³/mol. The van der Waals surface area contributed by atoms with E-state index in [1.165, 1.54) is 5.56 Å². The fourth-order valence-electron chi connectivity index (χ4n) is 5.76. The quantitative estimate of drug-likeness (QED) is 0.705. The van der Waals surface area contributed by atoms with Crippen molar-refractivity contribution in [3.8, 4) is 0 Å². The summed E-state index contributed by atoms with van der Waals surface area (Å²) in [5, 5.41) is 0. The lowest BCUT2D eigenvalue weighted by molar-refractivity contribution is -0.131. The molecule has 1 aromatic heterocycles. The molecule has 4 heterocycles. The number of piperidine rings is 1. The normalized spacial score (nSPS) is 22.2. The van der Waals surface area contributed by atoms with Crippen LogP contribution in [0.2, 0.25) is 0 Å². The molecule has 0 aliphatic carbocycles. The first-order valence-corrected chi connectivity index (χ1v) is 12.8. The summed E-state index contributed by atoms with van der Waals surface area (Å²) < 4.78 is 1.86. The molecule has 6 nitrogen and oxygen atoms in total. The molecule has 2 saturated heterocycles. The Morgan fingerprint density at radius 2 is 1.79 bits per heavy atom. The number of rotatable bonds is 5. The fraction of sp³-hybridized carbons (Fsp3) is 0.593. The van der Waals surface area contributed by atoms with E-state index in [4.69, 9.17) is 4.98 Å². The molecule has 2 aromatic rings. The number of nitrogens with zero attached hydrogens (tertiary/aromatic N) is 4. The minimum absolute atomic E-state index is 0.0834. The van der Waals surface area contributed by atoms with Gasteiger partial charge >= 0.3 is 0 Å². The van der Waals surface area contributed by atoms with Crippen LogP contribution in [0.1, 0.15) is 61.5 Å². The first kappa shape index (κ1) is 22.3. The number of carbonyl (C=O) groups is 1. The summed E-state index contributed by atoms with van der Waals surface area (Å²) in [5.74, 6) is 2.07. The Hall–Kier alpha value is -2.47. The van der Waals surface area contributed by atoms with E-state index in [2.05, 4.69) is 35.2 Å². The van der Waals surface area contributed by atoms with Crippen LogP contribution in [0.3, 0.4) is 0 Å². The third-order valence-electron chi connectivity index (χ3n) is 7.78. The maximum Gasteiger partial charge on any atom is 0.253 e. The van der Waals surface area contributed by atoms with Crippen LogP contribution < -0.4 is 5.56 Å². The highest BCUT2D eigenvalue weighted by atomic mass is 16.2. The van der Waals surface area contributed by atoms with Crippen molar-refractivity contribution >= 4 is 5.91 Å². The largest absolute Gasteiger partial charge is 0.341 e. The third-order valence-corrected chi connectivity index (χ3v) is 7.78. The number of fused-ring (bicyclic) bond motifs is 1. The van der Waals surface area contributed by atoms with Crippen molar-refractivity contribution in [2.75, 3.05) is 32.7 Å². The van der Waals surface area contributed by atoms with Gasteiger partial charge < -0.3 is 4.90 Å². The molecular weight excluding hydrogens is 412 g/mol. The smallest absolute Gasteiger partial charge is 0.253 e. The molecular formula is C27H36N4O2. The Balaban J connectivity index is 1.12. The van der Waals surface area contributed by atoms with Gasteiger partial charge in [0.25, 0.3) is 5.56 Å². The number of carbonyl (C=O) groups excluding carboxylic acids is 1. The minimum atomic E-state index is 0.0834. The van der Waals surface area contributed by atoms with E-state index in [1.54, 1.807) is 6.07 Å². The second kappa shape index (κ2) is 10.2. The Morgan fingerprint density at radius 1 is 0.970 bits per heavy atom. The van der Waals surface area contributed by atoms with E-state index >= 15 is 0 Å². The van der Waals surface area contributed by atoms with E-state index < -0.39 is 0 Å². The number of aryl methyl sites for hydroxylation is 1. The zero-order chi connectivity index (χ0) is 22.6. The summed E-state index contributed by atoms with van der Waals surface area (Å²) in [5.41, 5.74) is 2.39. The maximum atomic E-state index is 13.0. The molecule has 0 spiro atoms. The first-order valence-electron chi connectivity index (χ1n) is 12.8. The van der Waals surface area contributed by atoms with E-state index in [1.807, 2.05) is 9.47 Å².